The number of hydrogen-bond acceptors (Lipinski definition) is 2. The maximum atomic E-state index is 10.6. The summed E-state index contributed by atoms with van der Waals surface area (Å²) in [5.74, 6) is 2.16. The predicted octanol–water partition coefficient (Wildman–Crippen LogP) is 2.65. The number of thioether (sulfide) groups is 1. The Hall–Kier alpha value is 0.237. The average Bonchev–Trinajstić information content (AvgIpc) is 1.78. The molecule has 0 unspecified atom stereocenters. The van der Waals surface area contributed by atoms with Crippen LogP contribution in [0.1, 0.15) is 6.92 Å². The van der Waals surface area contributed by atoms with Gasteiger partial charge in [-0.15, -0.1) is 0 Å². The summed E-state index contributed by atoms with van der Waals surface area (Å²) >= 11 is 1.77. The van der Waals surface area contributed by atoms with Crippen LogP contribution in [0.3, 0.4) is 0 Å². The van der Waals surface area contributed by atoms with E-state index >= 15 is 0 Å². The molecule has 0 aliphatic rings. The Balaban J connectivity index is 3.22. The fraction of sp³-hybridized carbons (Fsp3) is 0.875. The van der Waals surface area contributed by atoms with Crippen molar-refractivity contribution in [2.24, 2.45) is 0 Å². The van der Waals surface area contributed by atoms with E-state index in [0.29, 0.717) is 11.5 Å². The summed E-state index contributed by atoms with van der Waals surface area (Å²) in [7, 11) is -0.861. The monoisotopic (exact) mass is 190 g/mol. The van der Waals surface area contributed by atoms with Gasteiger partial charge in [0.15, 0.2) is 0 Å². The number of rotatable bonds is 5. The second-order valence-corrected chi connectivity index (χ2v) is 10.8. The molecule has 0 aromatic heterocycles. The molecule has 0 aliphatic heterocycles. The number of carbonyl (C=O) groups is 1. The van der Waals surface area contributed by atoms with E-state index in [-0.39, 0.29) is 0 Å². The Kier molecular flexibility index (Phi) is 5.09. The van der Waals surface area contributed by atoms with Gasteiger partial charge in [0.25, 0.3) is 0 Å². The van der Waals surface area contributed by atoms with Crippen LogP contribution < -0.4 is 0 Å². The lowest BCUT2D eigenvalue weighted by molar-refractivity contribution is -0.114. The van der Waals surface area contributed by atoms with Crippen molar-refractivity contribution in [1.29, 1.82) is 0 Å². The Morgan fingerprint density at radius 3 is 2.27 bits per heavy atom. The lowest BCUT2D eigenvalue weighted by atomic mass is 10.5. The van der Waals surface area contributed by atoms with E-state index < -0.39 is 8.07 Å². The molecule has 3 heteroatoms. The molecule has 0 aromatic rings. The summed E-state index contributed by atoms with van der Waals surface area (Å²) in [5.41, 5.74) is 0. The van der Waals surface area contributed by atoms with Crippen LogP contribution >= 0.6 is 11.8 Å². The number of carbonyl (C=O) groups excluding carboxylic acids is 1. The van der Waals surface area contributed by atoms with E-state index in [0.717, 1.165) is 5.75 Å². The molecule has 66 valence electrons. The van der Waals surface area contributed by atoms with Crippen LogP contribution in [-0.4, -0.2) is 25.4 Å². The zero-order valence-corrected chi connectivity index (χ0v) is 9.75. The molecule has 0 rings (SSSR count). The Bertz CT molecular complexity index is 129. The zero-order valence-electron chi connectivity index (χ0n) is 7.94. The van der Waals surface area contributed by atoms with Gasteiger partial charge < -0.3 is 0 Å². The van der Waals surface area contributed by atoms with E-state index in [2.05, 4.69) is 19.6 Å². The molecule has 0 radical (unpaired) electrons. The normalized spacial score (nSPS) is 11.6. The lowest BCUT2D eigenvalue weighted by Gasteiger charge is -2.14. The predicted molar refractivity (Wildman–Crippen MR) is 56.2 cm³/mol. The first-order valence-corrected chi connectivity index (χ1v) is 8.85. The van der Waals surface area contributed by atoms with Crippen LogP contribution in [0.4, 0.5) is 0 Å². The lowest BCUT2D eigenvalue weighted by Crippen LogP contribution is -2.20. The molecule has 0 spiro atoms. The van der Waals surface area contributed by atoms with Crippen LogP contribution in [0.5, 0.6) is 0 Å². The second kappa shape index (κ2) is 4.98. The van der Waals surface area contributed by atoms with E-state index in [1.165, 1.54) is 6.04 Å². The van der Waals surface area contributed by atoms with Crippen LogP contribution in [0.2, 0.25) is 25.7 Å². The molecule has 0 aromatic carbocycles. The number of hydrogen-bond donors (Lipinski definition) is 0. The molecule has 0 heterocycles. The SMILES string of the molecule is CC(=O)CSCC[Si](C)(C)C. The van der Waals surface area contributed by atoms with Crippen LogP contribution in [-0.2, 0) is 4.79 Å². The van der Waals surface area contributed by atoms with Gasteiger partial charge in [-0.1, -0.05) is 19.6 Å². The van der Waals surface area contributed by atoms with Gasteiger partial charge in [0.05, 0.1) is 5.75 Å². The molecule has 0 amide bonds. The summed E-state index contributed by atoms with van der Waals surface area (Å²) in [6.45, 7) is 8.74. The van der Waals surface area contributed by atoms with Crippen molar-refractivity contribution in [3.63, 3.8) is 0 Å². The third-order valence-corrected chi connectivity index (χ3v) is 4.52. The van der Waals surface area contributed by atoms with Crippen molar-refractivity contribution in [2.75, 3.05) is 11.5 Å². The standard InChI is InChI=1S/C8H18OSSi/c1-8(9)7-10-5-6-11(2,3)4/h5-7H2,1-4H3. The number of Topliss-reactive ketones (excluding diaryl/α,β-unsaturated/α-hetero) is 1. The average molecular weight is 190 g/mol. The molecular weight excluding hydrogens is 172 g/mol. The first kappa shape index (κ1) is 11.2. The Morgan fingerprint density at radius 2 is 1.91 bits per heavy atom. The third-order valence-electron chi connectivity index (χ3n) is 1.30. The van der Waals surface area contributed by atoms with Crippen molar-refractivity contribution < 1.29 is 4.79 Å². The maximum absolute atomic E-state index is 10.6. The summed E-state index contributed by atoms with van der Waals surface area (Å²) < 4.78 is 0. The smallest absolute Gasteiger partial charge is 0.139 e. The van der Waals surface area contributed by atoms with Gasteiger partial charge in [0.1, 0.15) is 5.78 Å². The molecule has 0 saturated heterocycles. The van der Waals surface area contributed by atoms with Crippen LogP contribution in [0, 0.1) is 0 Å². The van der Waals surface area contributed by atoms with Crippen molar-refractivity contribution >= 4 is 25.6 Å². The van der Waals surface area contributed by atoms with Crippen LogP contribution in [0.25, 0.3) is 0 Å². The van der Waals surface area contributed by atoms with Crippen molar-refractivity contribution in [1.82, 2.24) is 0 Å². The summed E-state index contributed by atoms with van der Waals surface area (Å²) in [6, 6.07) is 1.32. The van der Waals surface area contributed by atoms with Gasteiger partial charge >= 0.3 is 0 Å². The second-order valence-electron chi connectivity index (χ2n) is 4.07. The fourth-order valence-corrected chi connectivity index (χ4v) is 4.05. The van der Waals surface area contributed by atoms with Gasteiger partial charge in [0.2, 0.25) is 0 Å². The molecular formula is C8H18OSSi. The molecule has 0 aliphatic carbocycles. The molecule has 0 N–H and O–H groups in total. The number of ketones is 1. The minimum absolute atomic E-state index is 0.297. The highest BCUT2D eigenvalue weighted by Gasteiger charge is 2.11. The van der Waals surface area contributed by atoms with Gasteiger partial charge in [0, 0.05) is 8.07 Å². The maximum Gasteiger partial charge on any atom is 0.139 e. The fourth-order valence-electron chi connectivity index (χ4n) is 0.594. The first-order valence-electron chi connectivity index (χ1n) is 3.99. The van der Waals surface area contributed by atoms with Gasteiger partial charge in [-0.25, -0.2) is 0 Å². The topological polar surface area (TPSA) is 17.1 Å². The van der Waals surface area contributed by atoms with E-state index in [9.17, 15) is 4.79 Å². The summed E-state index contributed by atoms with van der Waals surface area (Å²) in [6.07, 6.45) is 0. The molecule has 0 fully saturated rings. The minimum atomic E-state index is -0.861. The molecule has 0 bridgehead atoms. The van der Waals surface area contributed by atoms with Gasteiger partial charge in [-0.05, 0) is 18.7 Å². The van der Waals surface area contributed by atoms with Gasteiger partial charge in [-0.2, -0.15) is 11.8 Å². The van der Waals surface area contributed by atoms with Crippen molar-refractivity contribution in [3.8, 4) is 0 Å². The quantitative estimate of drug-likeness (QED) is 0.490. The van der Waals surface area contributed by atoms with E-state index in [4.69, 9.17) is 0 Å². The third kappa shape index (κ3) is 10.2. The molecule has 0 saturated carbocycles. The summed E-state index contributed by atoms with van der Waals surface area (Å²) in [4.78, 5) is 10.6. The van der Waals surface area contributed by atoms with Gasteiger partial charge in [-0.3, -0.25) is 4.79 Å². The zero-order chi connectivity index (χ0) is 8.91. The van der Waals surface area contributed by atoms with Crippen molar-refractivity contribution in [2.45, 2.75) is 32.6 Å². The Labute approximate surface area is 75.0 Å². The Morgan fingerprint density at radius 1 is 1.36 bits per heavy atom. The highest BCUT2D eigenvalue weighted by molar-refractivity contribution is 8.00. The highest BCUT2D eigenvalue weighted by atomic mass is 32.2. The van der Waals surface area contributed by atoms with Crippen LogP contribution in [0.15, 0.2) is 0 Å². The van der Waals surface area contributed by atoms with E-state index in [1.54, 1.807) is 18.7 Å². The first-order chi connectivity index (χ1) is 4.92. The molecule has 11 heavy (non-hydrogen) atoms. The molecule has 1 nitrogen and oxygen atoms in total. The highest BCUT2D eigenvalue weighted by Crippen LogP contribution is 2.13. The van der Waals surface area contributed by atoms with Crippen molar-refractivity contribution in [3.05, 3.63) is 0 Å². The van der Waals surface area contributed by atoms with E-state index in [1.807, 2.05) is 0 Å². The largest absolute Gasteiger partial charge is 0.299 e. The molecule has 0 atom stereocenters. The summed E-state index contributed by atoms with van der Waals surface area (Å²) in [5, 5.41) is 0. The minimum Gasteiger partial charge on any atom is -0.299 e.